The monoisotopic (exact) mass is 363 g/mol. The van der Waals surface area contributed by atoms with E-state index < -0.39 is 16.1 Å². The Morgan fingerprint density at radius 2 is 1.80 bits per heavy atom. The Morgan fingerprint density at radius 3 is 2.44 bits per heavy atom. The normalized spacial score (nSPS) is 12.9. The Bertz CT molecular complexity index is 772. The first kappa shape index (κ1) is 19.6. The molecule has 0 bridgehead atoms. The summed E-state index contributed by atoms with van der Waals surface area (Å²) >= 11 is 0. The summed E-state index contributed by atoms with van der Waals surface area (Å²) in [6.07, 6.45) is -0.444. The maximum Gasteiger partial charge on any atom is 0.215 e. The van der Waals surface area contributed by atoms with Crippen LogP contribution >= 0.6 is 0 Å². The van der Waals surface area contributed by atoms with Crippen molar-refractivity contribution in [2.75, 3.05) is 19.8 Å². The molecule has 2 rings (SSSR count). The summed E-state index contributed by atoms with van der Waals surface area (Å²) in [5.74, 6) is -0.0741. The number of hydrogen-bond acceptors (Lipinski definition) is 4. The van der Waals surface area contributed by atoms with Crippen molar-refractivity contribution in [3.63, 3.8) is 0 Å². The topological polar surface area (TPSA) is 75.6 Å². The fraction of sp³-hybridized carbons (Fsp3) is 0.368. The highest BCUT2D eigenvalue weighted by molar-refractivity contribution is 7.88. The van der Waals surface area contributed by atoms with Gasteiger partial charge in [0.15, 0.2) is 0 Å². The van der Waals surface area contributed by atoms with Crippen molar-refractivity contribution in [1.29, 1.82) is 0 Å². The Balaban J connectivity index is 2.04. The van der Waals surface area contributed by atoms with Gasteiger partial charge in [-0.2, -0.15) is 0 Å². The third-order valence-corrected chi connectivity index (χ3v) is 5.11. The lowest BCUT2D eigenvalue weighted by Crippen LogP contribution is -2.31. The summed E-state index contributed by atoms with van der Waals surface area (Å²) in [5.41, 5.74) is 3.76. The minimum absolute atomic E-state index is 0.0741. The third-order valence-electron chi connectivity index (χ3n) is 3.79. The van der Waals surface area contributed by atoms with E-state index in [0.29, 0.717) is 0 Å². The smallest absolute Gasteiger partial charge is 0.215 e. The van der Waals surface area contributed by atoms with E-state index in [4.69, 9.17) is 9.84 Å². The van der Waals surface area contributed by atoms with E-state index in [1.807, 2.05) is 56.3 Å². The van der Waals surface area contributed by atoms with E-state index >= 15 is 0 Å². The van der Waals surface area contributed by atoms with E-state index in [0.717, 1.165) is 22.3 Å². The summed E-state index contributed by atoms with van der Waals surface area (Å²) in [5, 5.41) is 8.99. The van der Waals surface area contributed by atoms with Crippen LogP contribution in [-0.4, -0.2) is 33.3 Å². The van der Waals surface area contributed by atoms with Crippen LogP contribution in [0.2, 0.25) is 0 Å². The second-order valence-electron chi connectivity index (χ2n) is 6.09. The van der Waals surface area contributed by atoms with Crippen molar-refractivity contribution in [3.05, 3.63) is 70.8 Å². The Kier molecular flexibility index (Phi) is 7.13. The van der Waals surface area contributed by atoms with Gasteiger partial charge in [0.2, 0.25) is 10.0 Å². The molecule has 5 nitrogen and oxygen atoms in total. The van der Waals surface area contributed by atoms with Crippen LogP contribution in [0.4, 0.5) is 0 Å². The van der Waals surface area contributed by atoms with Crippen molar-refractivity contribution >= 4 is 10.0 Å². The fourth-order valence-corrected chi connectivity index (χ4v) is 3.65. The molecule has 0 heterocycles. The van der Waals surface area contributed by atoms with Crippen molar-refractivity contribution in [3.8, 4) is 0 Å². The number of ether oxygens (including phenoxy) is 1. The number of benzene rings is 2. The zero-order chi connectivity index (χ0) is 18.3. The summed E-state index contributed by atoms with van der Waals surface area (Å²) in [6.45, 7) is 4.07. The minimum Gasteiger partial charge on any atom is -0.394 e. The Morgan fingerprint density at radius 1 is 1.08 bits per heavy atom. The van der Waals surface area contributed by atoms with E-state index in [1.165, 1.54) is 0 Å². The van der Waals surface area contributed by atoms with Crippen LogP contribution in [-0.2, 0) is 20.5 Å². The molecular formula is C19H25NO4S. The predicted octanol–water partition coefficient (Wildman–Crippen LogP) is 2.47. The van der Waals surface area contributed by atoms with Gasteiger partial charge < -0.3 is 9.84 Å². The van der Waals surface area contributed by atoms with E-state index in [1.54, 1.807) is 6.07 Å². The van der Waals surface area contributed by atoms with E-state index in [2.05, 4.69) is 4.72 Å². The number of aliphatic hydroxyl groups excluding tert-OH is 1. The molecular weight excluding hydrogens is 338 g/mol. The third kappa shape index (κ3) is 6.59. The molecule has 2 aromatic rings. The van der Waals surface area contributed by atoms with Crippen LogP contribution in [0.3, 0.4) is 0 Å². The van der Waals surface area contributed by atoms with Gasteiger partial charge in [-0.05, 0) is 25.0 Å². The molecule has 0 aromatic heterocycles. The van der Waals surface area contributed by atoms with Gasteiger partial charge in [0.25, 0.3) is 0 Å². The maximum absolute atomic E-state index is 12.4. The average Bonchev–Trinajstić information content (AvgIpc) is 2.55. The van der Waals surface area contributed by atoms with Crippen molar-refractivity contribution in [2.45, 2.75) is 25.7 Å². The zero-order valence-electron chi connectivity index (χ0n) is 14.6. The zero-order valence-corrected chi connectivity index (χ0v) is 15.4. The van der Waals surface area contributed by atoms with Gasteiger partial charge in [-0.15, -0.1) is 0 Å². The second kappa shape index (κ2) is 9.10. The van der Waals surface area contributed by atoms with Crippen molar-refractivity contribution in [1.82, 2.24) is 4.72 Å². The Hall–Kier alpha value is -1.73. The highest BCUT2D eigenvalue weighted by Gasteiger charge is 2.17. The highest BCUT2D eigenvalue weighted by Crippen LogP contribution is 2.18. The van der Waals surface area contributed by atoms with Gasteiger partial charge in [-0.1, -0.05) is 59.7 Å². The molecule has 6 heteroatoms. The lowest BCUT2D eigenvalue weighted by atomic mass is 10.1. The molecule has 0 radical (unpaired) electrons. The lowest BCUT2D eigenvalue weighted by molar-refractivity contribution is 0.0309. The minimum atomic E-state index is -3.48. The molecule has 0 aliphatic carbocycles. The summed E-state index contributed by atoms with van der Waals surface area (Å²) < 4.78 is 32.9. The van der Waals surface area contributed by atoms with Crippen LogP contribution in [0.25, 0.3) is 0 Å². The SMILES string of the molecule is Cc1ccc(C(CNS(=O)(=O)Cc2cccc(C)c2)OCCO)cc1. The number of hydrogen-bond donors (Lipinski definition) is 2. The molecule has 2 aromatic carbocycles. The largest absolute Gasteiger partial charge is 0.394 e. The summed E-state index contributed by atoms with van der Waals surface area (Å²) in [4.78, 5) is 0. The predicted molar refractivity (Wildman–Crippen MR) is 98.8 cm³/mol. The van der Waals surface area contributed by atoms with Gasteiger partial charge in [-0.25, -0.2) is 13.1 Å². The molecule has 0 aliphatic rings. The molecule has 1 unspecified atom stereocenters. The first-order valence-electron chi connectivity index (χ1n) is 8.21. The van der Waals surface area contributed by atoms with Crippen molar-refractivity contribution in [2.24, 2.45) is 0 Å². The standard InChI is InChI=1S/C19H25NO4S/c1-15-6-8-18(9-7-15)19(24-11-10-21)13-20-25(22,23)14-17-5-3-4-16(2)12-17/h3-9,12,19-21H,10-11,13-14H2,1-2H3. The first-order chi connectivity index (χ1) is 11.9. The molecule has 1 atom stereocenters. The summed E-state index contributed by atoms with van der Waals surface area (Å²) in [6, 6.07) is 15.2. The highest BCUT2D eigenvalue weighted by atomic mass is 32.2. The molecule has 0 amide bonds. The van der Waals surface area contributed by atoms with Gasteiger partial charge in [0.05, 0.1) is 25.1 Å². The van der Waals surface area contributed by atoms with E-state index in [-0.39, 0.29) is 25.5 Å². The molecule has 0 spiro atoms. The number of aliphatic hydroxyl groups is 1. The first-order valence-corrected chi connectivity index (χ1v) is 9.87. The van der Waals surface area contributed by atoms with Gasteiger partial charge in [0.1, 0.15) is 0 Å². The molecule has 25 heavy (non-hydrogen) atoms. The maximum atomic E-state index is 12.4. The number of nitrogens with one attached hydrogen (secondary N) is 1. The second-order valence-corrected chi connectivity index (χ2v) is 7.90. The van der Waals surface area contributed by atoms with Gasteiger partial charge >= 0.3 is 0 Å². The number of rotatable bonds is 9. The van der Waals surface area contributed by atoms with E-state index in [9.17, 15) is 8.42 Å². The molecule has 0 fully saturated rings. The number of sulfonamides is 1. The van der Waals surface area contributed by atoms with Gasteiger partial charge in [0, 0.05) is 6.54 Å². The molecule has 0 saturated carbocycles. The van der Waals surface area contributed by atoms with Crippen LogP contribution in [0.15, 0.2) is 48.5 Å². The Labute approximate surface area is 149 Å². The van der Waals surface area contributed by atoms with Crippen LogP contribution in [0.5, 0.6) is 0 Å². The molecule has 2 N–H and O–H groups in total. The van der Waals surface area contributed by atoms with Crippen LogP contribution < -0.4 is 4.72 Å². The summed E-state index contributed by atoms with van der Waals surface area (Å²) in [7, 11) is -3.48. The molecule has 0 saturated heterocycles. The number of aryl methyl sites for hydroxylation is 2. The quantitative estimate of drug-likeness (QED) is 0.718. The fourth-order valence-electron chi connectivity index (χ4n) is 2.52. The average molecular weight is 363 g/mol. The molecule has 0 aliphatic heterocycles. The van der Waals surface area contributed by atoms with Crippen LogP contribution in [0.1, 0.15) is 28.4 Å². The molecule has 136 valence electrons. The lowest BCUT2D eigenvalue weighted by Gasteiger charge is -2.19. The van der Waals surface area contributed by atoms with Crippen LogP contribution in [0, 0.1) is 13.8 Å². The van der Waals surface area contributed by atoms with Crippen molar-refractivity contribution < 1.29 is 18.3 Å². The van der Waals surface area contributed by atoms with Gasteiger partial charge in [-0.3, -0.25) is 0 Å².